The molecule has 0 saturated heterocycles. The van der Waals surface area contributed by atoms with Crippen molar-refractivity contribution in [2.75, 3.05) is 11.9 Å². The van der Waals surface area contributed by atoms with Crippen molar-refractivity contribution in [2.45, 2.75) is 19.3 Å². The van der Waals surface area contributed by atoms with Crippen molar-refractivity contribution in [3.05, 3.63) is 68.8 Å². The van der Waals surface area contributed by atoms with Gasteiger partial charge in [0.2, 0.25) is 5.95 Å². The molecule has 7 heteroatoms. The number of nitrogens with one attached hydrogen (secondary N) is 2. The molecular formula is C16H17N5OS. The van der Waals surface area contributed by atoms with Crippen LogP contribution in [0.2, 0.25) is 0 Å². The van der Waals surface area contributed by atoms with Gasteiger partial charge in [-0.05, 0) is 18.1 Å². The molecule has 3 rings (SSSR count). The Labute approximate surface area is 137 Å². The van der Waals surface area contributed by atoms with Crippen molar-refractivity contribution in [1.29, 1.82) is 0 Å². The number of aromatic nitrogens is 4. The average Bonchev–Trinajstić information content (AvgIpc) is 3.08. The van der Waals surface area contributed by atoms with Crippen molar-refractivity contribution in [3.63, 3.8) is 0 Å². The van der Waals surface area contributed by atoms with E-state index in [9.17, 15) is 4.79 Å². The molecule has 3 heterocycles. The zero-order chi connectivity index (χ0) is 15.9. The first kappa shape index (κ1) is 15.4. The van der Waals surface area contributed by atoms with Crippen LogP contribution in [0.25, 0.3) is 0 Å². The third kappa shape index (κ3) is 4.46. The van der Waals surface area contributed by atoms with E-state index in [4.69, 9.17) is 0 Å². The summed E-state index contributed by atoms with van der Waals surface area (Å²) >= 11 is 1.66. The quantitative estimate of drug-likeness (QED) is 0.650. The molecular weight excluding hydrogens is 310 g/mol. The van der Waals surface area contributed by atoms with E-state index in [2.05, 4.69) is 25.3 Å². The van der Waals surface area contributed by atoms with Gasteiger partial charge < -0.3 is 5.32 Å². The van der Waals surface area contributed by atoms with Gasteiger partial charge in [-0.25, -0.2) is 9.97 Å². The second-order valence-electron chi connectivity index (χ2n) is 5.08. The van der Waals surface area contributed by atoms with Gasteiger partial charge in [0.15, 0.2) is 0 Å². The van der Waals surface area contributed by atoms with Crippen molar-refractivity contribution >= 4 is 17.3 Å². The predicted octanol–water partition coefficient (Wildman–Crippen LogP) is 2.26. The lowest BCUT2D eigenvalue weighted by Gasteiger charge is -2.06. The molecule has 23 heavy (non-hydrogen) atoms. The molecule has 0 spiro atoms. The molecule has 3 aromatic heterocycles. The Morgan fingerprint density at radius 1 is 1.22 bits per heavy atom. The fraction of sp³-hybridized carbons (Fsp3) is 0.250. The SMILES string of the molecule is O=c1[nH]c(NCCCc2nccs2)ncc1Cc1cccnc1. The van der Waals surface area contributed by atoms with E-state index >= 15 is 0 Å². The third-order valence-corrected chi connectivity index (χ3v) is 4.17. The summed E-state index contributed by atoms with van der Waals surface area (Å²) in [7, 11) is 0. The third-order valence-electron chi connectivity index (χ3n) is 3.33. The van der Waals surface area contributed by atoms with Crippen LogP contribution in [0.1, 0.15) is 22.6 Å². The van der Waals surface area contributed by atoms with E-state index in [1.54, 1.807) is 29.9 Å². The summed E-state index contributed by atoms with van der Waals surface area (Å²) in [4.78, 5) is 27.4. The summed E-state index contributed by atoms with van der Waals surface area (Å²) in [5.74, 6) is 0.504. The molecule has 2 N–H and O–H groups in total. The van der Waals surface area contributed by atoms with Crippen molar-refractivity contribution in [1.82, 2.24) is 19.9 Å². The van der Waals surface area contributed by atoms with Crippen LogP contribution < -0.4 is 10.9 Å². The highest BCUT2D eigenvalue weighted by molar-refractivity contribution is 7.09. The first-order valence-electron chi connectivity index (χ1n) is 7.40. The standard InChI is InChI=1S/C16H17N5OS/c22-15-13(9-12-3-1-5-17-10-12)11-20-16(21-15)19-6-2-4-14-18-7-8-23-14/h1,3,5,7-8,10-11H,2,4,6,9H2,(H2,19,20,21,22). The molecule has 3 aromatic rings. The minimum absolute atomic E-state index is 0.119. The molecule has 0 amide bonds. The Morgan fingerprint density at radius 3 is 2.91 bits per heavy atom. The summed E-state index contributed by atoms with van der Waals surface area (Å²) in [5.41, 5.74) is 1.50. The first-order chi connectivity index (χ1) is 11.3. The number of hydrogen-bond acceptors (Lipinski definition) is 6. The smallest absolute Gasteiger partial charge is 0.255 e. The molecule has 0 aliphatic heterocycles. The van der Waals surface area contributed by atoms with Gasteiger partial charge in [-0.15, -0.1) is 11.3 Å². The molecule has 0 aliphatic rings. The molecule has 0 atom stereocenters. The summed E-state index contributed by atoms with van der Waals surface area (Å²) in [6, 6.07) is 3.80. The molecule has 6 nitrogen and oxygen atoms in total. The zero-order valence-electron chi connectivity index (χ0n) is 12.5. The van der Waals surface area contributed by atoms with Gasteiger partial charge >= 0.3 is 0 Å². The first-order valence-corrected chi connectivity index (χ1v) is 8.28. The topological polar surface area (TPSA) is 83.6 Å². The fourth-order valence-corrected chi connectivity index (χ4v) is 2.85. The van der Waals surface area contributed by atoms with E-state index in [0.717, 1.165) is 30.0 Å². The van der Waals surface area contributed by atoms with Gasteiger partial charge in [-0.3, -0.25) is 14.8 Å². The van der Waals surface area contributed by atoms with Gasteiger partial charge in [0.25, 0.3) is 5.56 Å². The average molecular weight is 327 g/mol. The number of aryl methyl sites for hydroxylation is 1. The van der Waals surface area contributed by atoms with E-state index < -0.39 is 0 Å². The van der Waals surface area contributed by atoms with Gasteiger partial charge in [-0.2, -0.15) is 0 Å². The van der Waals surface area contributed by atoms with Gasteiger partial charge in [0, 0.05) is 55.1 Å². The lowest BCUT2D eigenvalue weighted by Crippen LogP contribution is -2.17. The van der Waals surface area contributed by atoms with E-state index in [0.29, 0.717) is 17.9 Å². The van der Waals surface area contributed by atoms with Crippen LogP contribution in [0.3, 0.4) is 0 Å². The van der Waals surface area contributed by atoms with E-state index in [-0.39, 0.29) is 5.56 Å². The Kier molecular flexibility index (Phi) is 5.10. The Bertz CT molecular complexity index is 786. The lowest BCUT2D eigenvalue weighted by atomic mass is 10.1. The summed E-state index contributed by atoms with van der Waals surface area (Å²) in [6.07, 6.45) is 9.29. The maximum Gasteiger partial charge on any atom is 0.255 e. The van der Waals surface area contributed by atoms with Crippen LogP contribution >= 0.6 is 11.3 Å². The summed E-state index contributed by atoms with van der Waals surface area (Å²) in [5, 5.41) is 6.24. The molecule has 0 bridgehead atoms. The minimum atomic E-state index is -0.119. The molecule has 118 valence electrons. The molecule has 0 radical (unpaired) electrons. The molecule has 0 saturated carbocycles. The monoisotopic (exact) mass is 327 g/mol. The van der Waals surface area contributed by atoms with Crippen molar-refractivity contribution in [2.24, 2.45) is 0 Å². The van der Waals surface area contributed by atoms with Crippen LogP contribution in [-0.2, 0) is 12.8 Å². The van der Waals surface area contributed by atoms with Gasteiger partial charge in [0.05, 0.1) is 5.01 Å². The van der Waals surface area contributed by atoms with Crippen LogP contribution in [0.5, 0.6) is 0 Å². The predicted molar refractivity (Wildman–Crippen MR) is 90.8 cm³/mol. The number of thiazole rings is 1. The maximum absolute atomic E-state index is 12.1. The highest BCUT2D eigenvalue weighted by atomic mass is 32.1. The van der Waals surface area contributed by atoms with Gasteiger partial charge in [0.1, 0.15) is 0 Å². The number of rotatable bonds is 7. The van der Waals surface area contributed by atoms with Crippen molar-refractivity contribution in [3.8, 4) is 0 Å². The Balaban J connectivity index is 1.53. The number of aromatic amines is 1. The largest absolute Gasteiger partial charge is 0.356 e. The van der Waals surface area contributed by atoms with Crippen LogP contribution in [0.4, 0.5) is 5.95 Å². The number of H-pyrrole nitrogens is 1. The normalized spacial score (nSPS) is 10.6. The molecule has 0 aliphatic carbocycles. The molecule has 0 aromatic carbocycles. The summed E-state index contributed by atoms with van der Waals surface area (Å²) in [6.45, 7) is 0.741. The zero-order valence-corrected chi connectivity index (χ0v) is 13.3. The van der Waals surface area contributed by atoms with Crippen LogP contribution in [0, 0.1) is 0 Å². The van der Waals surface area contributed by atoms with E-state index in [1.807, 2.05) is 23.7 Å². The molecule has 0 fully saturated rings. The number of nitrogens with zero attached hydrogens (tertiary/aromatic N) is 3. The van der Waals surface area contributed by atoms with Gasteiger partial charge in [-0.1, -0.05) is 6.07 Å². The second kappa shape index (κ2) is 7.64. The number of anilines is 1. The lowest BCUT2D eigenvalue weighted by molar-refractivity contribution is 0.842. The molecule has 0 unspecified atom stereocenters. The van der Waals surface area contributed by atoms with Crippen LogP contribution in [-0.4, -0.2) is 26.5 Å². The Hall–Kier alpha value is -2.54. The highest BCUT2D eigenvalue weighted by Gasteiger charge is 2.04. The fourth-order valence-electron chi connectivity index (χ4n) is 2.18. The Morgan fingerprint density at radius 2 is 2.17 bits per heavy atom. The number of hydrogen-bond donors (Lipinski definition) is 2. The maximum atomic E-state index is 12.1. The minimum Gasteiger partial charge on any atom is -0.356 e. The second-order valence-corrected chi connectivity index (χ2v) is 6.06. The highest BCUT2D eigenvalue weighted by Crippen LogP contribution is 2.07. The van der Waals surface area contributed by atoms with Crippen molar-refractivity contribution < 1.29 is 0 Å². The van der Waals surface area contributed by atoms with Crippen LogP contribution in [0.15, 0.2) is 47.1 Å². The van der Waals surface area contributed by atoms with E-state index in [1.165, 1.54) is 0 Å². The number of pyridine rings is 1. The summed E-state index contributed by atoms with van der Waals surface area (Å²) < 4.78 is 0.